The summed E-state index contributed by atoms with van der Waals surface area (Å²) in [7, 11) is 1.56. The third-order valence-electron chi connectivity index (χ3n) is 5.86. The lowest BCUT2D eigenvalue weighted by Gasteiger charge is -2.11. The molecule has 0 aliphatic rings. The minimum atomic E-state index is -0.451. The van der Waals surface area contributed by atoms with Crippen molar-refractivity contribution < 1.29 is 14.3 Å². The second kappa shape index (κ2) is 12.1. The molecule has 8 nitrogen and oxygen atoms in total. The third-order valence-corrected chi connectivity index (χ3v) is 7.27. The first kappa shape index (κ1) is 26.3. The fourth-order valence-electron chi connectivity index (χ4n) is 3.90. The van der Waals surface area contributed by atoms with E-state index >= 15 is 0 Å². The van der Waals surface area contributed by atoms with Crippen molar-refractivity contribution in [3.63, 3.8) is 0 Å². The Kier molecular flexibility index (Phi) is 8.14. The van der Waals surface area contributed by atoms with Crippen molar-refractivity contribution >= 4 is 49.6 Å². The standard InChI is InChI=1S/C29H23BrN4O4S/c1-37-25-13-20(9-12-24(25)38-16-19-7-10-22(30)11-8-19)14-32-33-26(35)15-34-18-31-28-27(29(34)36)23(17-39-28)21-5-3-2-4-6-21/h2-14,17-18H,15-16H2,1H3,(H,33,35). The summed E-state index contributed by atoms with van der Waals surface area (Å²) in [6.07, 6.45) is 2.88. The van der Waals surface area contributed by atoms with Crippen molar-refractivity contribution in [3.05, 3.63) is 110 Å². The van der Waals surface area contributed by atoms with Gasteiger partial charge in [-0.3, -0.25) is 14.2 Å². The molecule has 0 atom stereocenters. The second-order valence-electron chi connectivity index (χ2n) is 8.49. The van der Waals surface area contributed by atoms with Gasteiger partial charge in [-0.05, 0) is 47.0 Å². The van der Waals surface area contributed by atoms with Crippen molar-refractivity contribution in [3.8, 4) is 22.6 Å². The fourth-order valence-corrected chi connectivity index (χ4v) is 5.08. The average Bonchev–Trinajstić information content (AvgIpc) is 3.40. The zero-order chi connectivity index (χ0) is 27.2. The number of methoxy groups -OCH3 is 1. The molecular formula is C29H23BrN4O4S. The highest BCUT2D eigenvalue weighted by molar-refractivity contribution is 9.10. The van der Waals surface area contributed by atoms with Crippen molar-refractivity contribution in [1.82, 2.24) is 15.0 Å². The molecule has 0 bridgehead atoms. The van der Waals surface area contributed by atoms with Gasteiger partial charge in [0, 0.05) is 15.4 Å². The largest absolute Gasteiger partial charge is 0.493 e. The number of ether oxygens (including phenoxy) is 2. The molecule has 3 aromatic carbocycles. The first-order valence-electron chi connectivity index (χ1n) is 11.9. The van der Waals surface area contributed by atoms with Crippen LogP contribution in [0.15, 0.2) is 98.9 Å². The quantitative estimate of drug-likeness (QED) is 0.174. The summed E-state index contributed by atoms with van der Waals surface area (Å²) in [5, 5.41) is 6.44. The van der Waals surface area contributed by atoms with Crippen LogP contribution in [0.1, 0.15) is 11.1 Å². The molecule has 0 saturated heterocycles. The van der Waals surface area contributed by atoms with Crippen LogP contribution < -0.4 is 20.5 Å². The zero-order valence-electron chi connectivity index (χ0n) is 20.8. The molecule has 0 spiro atoms. The zero-order valence-corrected chi connectivity index (χ0v) is 23.2. The van der Waals surface area contributed by atoms with Gasteiger partial charge in [-0.2, -0.15) is 5.10 Å². The number of hydrazone groups is 1. The molecule has 5 aromatic rings. The summed E-state index contributed by atoms with van der Waals surface area (Å²) in [6, 6.07) is 22.9. The van der Waals surface area contributed by atoms with Crippen LogP contribution in [0.5, 0.6) is 11.5 Å². The number of hydrogen-bond acceptors (Lipinski definition) is 7. The van der Waals surface area contributed by atoms with Crippen molar-refractivity contribution in [2.24, 2.45) is 5.10 Å². The average molecular weight is 603 g/mol. The highest BCUT2D eigenvalue weighted by Crippen LogP contribution is 2.30. The molecule has 0 aliphatic carbocycles. The maximum absolute atomic E-state index is 13.2. The third kappa shape index (κ3) is 6.24. The van der Waals surface area contributed by atoms with Gasteiger partial charge in [-0.15, -0.1) is 11.3 Å². The maximum Gasteiger partial charge on any atom is 0.263 e. The van der Waals surface area contributed by atoms with Crippen LogP contribution in [0, 0.1) is 0 Å². The number of carbonyl (C=O) groups excluding carboxylic acids is 1. The number of rotatable bonds is 9. The molecule has 39 heavy (non-hydrogen) atoms. The second-order valence-corrected chi connectivity index (χ2v) is 10.3. The lowest BCUT2D eigenvalue weighted by Crippen LogP contribution is -2.30. The number of halogens is 1. The molecule has 2 heterocycles. The van der Waals surface area contributed by atoms with E-state index in [4.69, 9.17) is 9.47 Å². The first-order chi connectivity index (χ1) is 19.0. The van der Waals surface area contributed by atoms with Gasteiger partial charge < -0.3 is 9.47 Å². The summed E-state index contributed by atoms with van der Waals surface area (Å²) < 4.78 is 13.6. The molecule has 0 unspecified atom stereocenters. The Morgan fingerprint density at radius 3 is 2.67 bits per heavy atom. The number of benzene rings is 3. The van der Waals surface area contributed by atoms with E-state index in [0.717, 1.165) is 21.2 Å². The molecule has 1 amide bonds. The molecule has 0 saturated carbocycles. The maximum atomic E-state index is 13.2. The number of carbonyl (C=O) groups is 1. The van der Waals surface area contributed by atoms with Gasteiger partial charge in [0.2, 0.25) is 0 Å². The predicted molar refractivity (Wildman–Crippen MR) is 157 cm³/mol. The van der Waals surface area contributed by atoms with E-state index in [2.05, 4.69) is 31.4 Å². The first-order valence-corrected chi connectivity index (χ1v) is 13.6. The number of nitrogens with one attached hydrogen (secondary N) is 1. The normalized spacial score (nSPS) is 11.1. The molecule has 1 N–H and O–H groups in total. The van der Waals surface area contributed by atoms with Crippen LogP contribution in [-0.4, -0.2) is 28.8 Å². The number of thiophene rings is 1. The Morgan fingerprint density at radius 1 is 1.10 bits per heavy atom. The number of hydrogen-bond donors (Lipinski definition) is 1. The van der Waals surface area contributed by atoms with E-state index in [1.54, 1.807) is 25.3 Å². The molecule has 196 valence electrons. The van der Waals surface area contributed by atoms with E-state index in [0.29, 0.717) is 33.9 Å². The van der Waals surface area contributed by atoms with Crippen molar-refractivity contribution in [1.29, 1.82) is 0 Å². The molecule has 2 aromatic heterocycles. The highest BCUT2D eigenvalue weighted by atomic mass is 79.9. The molecule has 5 rings (SSSR count). The summed E-state index contributed by atoms with van der Waals surface area (Å²) in [5.74, 6) is 0.679. The van der Waals surface area contributed by atoms with Crippen LogP contribution >= 0.6 is 27.3 Å². The van der Waals surface area contributed by atoms with E-state index in [-0.39, 0.29) is 12.1 Å². The number of aromatic nitrogens is 2. The number of nitrogens with zero attached hydrogens (tertiary/aromatic N) is 3. The summed E-state index contributed by atoms with van der Waals surface area (Å²) in [6.45, 7) is 0.181. The van der Waals surface area contributed by atoms with Gasteiger partial charge in [0.15, 0.2) is 11.5 Å². The Morgan fingerprint density at radius 2 is 1.90 bits per heavy atom. The van der Waals surface area contributed by atoms with E-state index in [9.17, 15) is 9.59 Å². The minimum Gasteiger partial charge on any atom is -0.493 e. The minimum absolute atomic E-state index is 0.213. The van der Waals surface area contributed by atoms with Crippen LogP contribution in [0.2, 0.25) is 0 Å². The fraction of sp³-hybridized carbons (Fsp3) is 0.103. The van der Waals surface area contributed by atoms with Crippen LogP contribution in [0.3, 0.4) is 0 Å². The van der Waals surface area contributed by atoms with Crippen LogP contribution in [0.4, 0.5) is 0 Å². The number of amides is 1. The molecule has 0 fully saturated rings. The van der Waals surface area contributed by atoms with Crippen LogP contribution in [-0.2, 0) is 17.9 Å². The summed E-state index contributed by atoms with van der Waals surface area (Å²) in [4.78, 5) is 30.7. The van der Waals surface area contributed by atoms with Crippen molar-refractivity contribution in [2.75, 3.05) is 7.11 Å². The van der Waals surface area contributed by atoms with Gasteiger partial charge >= 0.3 is 0 Å². The lowest BCUT2D eigenvalue weighted by atomic mass is 10.1. The molecule has 0 radical (unpaired) electrons. The van der Waals surface area contributed by atoms with Gasteiger partial charge in [-0.1, -0.05) is 58.4 Å². The smallest absolute Gasteiger partial charge is 0.263 e. The lowest BCUT2D eigenvalue weighted by molar-refractivity contribution is -0.121. The van der Waals surface area contributed by atoms with E-state index in [1.807, 2.05) is 60.0 Å². The SMILES string of the molecule is COc1cc(C=NNC(=O)Cn2cnc3scc(-c4ccccc4)c3c2=O)ccc1OCc1ccc(Br)cc1. The summed E-state index contributed by atoms with van der Waals surface area (Å²) in [5.41, 5.74) is 5.65. The molecule has 10 heteroatoms. The highest BCUT2D eigenvalue weighted by Gasteiger charge is 2.14. The number of fused-ring (bicyclic) bond motifs is 1. The van der Waals surface area contributed by atoms with Crippen LogP contribution in [0.25, 0.3) is 21.3 Å². The van der Waals surface area contributed by atoms with Gasteiger partial charge in [0.1, 0.15) is 18.0 Å². The van der Waals surface area contributed by atoms with Gasteiger partial charge in [0.05, 0.1) is 25.0 Å². The summed E-state index contributed by atoms with van der Waals surface area (Å²) >= 11 is 4.82. The molecular weight excluding hydrogens is 580 g/mol. The Hall–Kier alpha value is -4.28. The van der Waals surface area contributed by atoms with E-state index in [1.165, 1.54) is 28.4 Å². The topological polar surface area (TPSA) is 94.8 Å². The van der Waals surface area contributed by atoms with Gasteiger partial charge in [0.25, 0.3) is 11.5 Å². The van der Waals surface area contributed by atoms with E-state index < -0.39 is 5.91 Å². The predicted octanol–water partition coefficient (Wildman–Crippen LogP) is 5.63. The Bertz CT molecular complexity index is 1700. The molecule has 0 aliphatic heterocycles. The monoisotopic (exact) mass is 602 g/mol. The van der Waals surface area contributed by atoms with Crippen molar-refractivity contribution in [2.45, 2.75) is 13.2 Å². The Labute approximate surface area is 236 Å². The Balaban J connectivity index is 1.23. The van der Waals surface area contributed by atoms with Gasteiger partial charge in [-0.25, -0.2) is 10.4 Å².